The van der Waals surface area contributed by atoms with Gasteiger partial charge in [-0.1, -0.05) is 0 Å². The molecule has 0 bridgehead atoms. The molecule has 5 heteroatoms. The van der Waals surface area contributed by atoms with Gasteiger partial charge in [-0.15, -0.1) is 0 Å². The largest absolute Gasteiger partial charge is 0.353 e. The molecule has 5 nitrogen and oxygen atoms in total. The third kappa shape index (κ3) is 2.90. The van der Waals surface area contributed by atoms with Crippen LogP contribution in [-0.4, -0.2) is 29.1 Å². The van der Waals surface area contributed by atoms with Gasteiger partial charge >= 0.3 is 0 Å². The molecule has 0 atom stereocenters. The summed E-state index contributed by atoms with van der Waals surface area (Å²) in [5.74, 6) is 0. The lowest BCUT2D eigenvalue weighted by Gasteiger charge is -2.23. The molecule has 2 heterocycles. The van der Waals surface area contributed by atoms with E-state index in [1.165, 1.54) is 6.07 Å². The van der Waals surface area contributed by atoms with Crippen molar-refractivity contribution in [2.75, 3.05) is 13.2 Å². The maximum absolute atomic E-state index is 11.6. The van der Waals surface area contributed by atoms with Gasteiger partial charge in [0.1, 0.15) is 0 Å². The quantitative estimate of drug-likeness (QED) is 0.758. The molecule has 0 aliphatic carbocycles. The van der Waals surface area contributed by atoms with E-state index in [1.807, 2.05) is 0 Å². The summed E-state index contributed by atoms with van der Waals surface area (Å²) in [6.45, 7) is 3.87. The van der Waals surface area contributed by atoms with Crippen molar-refractivity contribution in [3.05, 3.63) is 28.4 Å². The summed E-state index contributed by atoms with van der Waals surface area (Å²) in [5, 5.41) is 0. The molecule has 1 fully saturated rings. The predicted octanol–water partition coefficient (Wildman–Crippen LogP) is 0.705. The molecule has 0 aromatic carbocycles. The number of hydrogen-bond acceptors (Lipinski definition) is 4. The highest BCUT2D eigenvalue weighted by Gasteiger charge is 2.13. The molecule has 1 aromatic rings. The lowest BCUT2D eigenvalue weighted by atomic mass is 10.3. The van der Waals surface area contributed by atoms with E-state index in [4.69, 9.17) is 9.47 Å². The monoisotopic (exact) mass is 224 g/mol. The van der Waals surface area contributed by atoms with Crippen LogP contribution in [0.4, 0.5) is 0 Å². The maximum atomic E-state index is 11.6. The number of aryl methyl sites for hydroxylation is 2. The minimum atomic E-state index is -0.179. The fourth-order valence-corrected chi connectivity index (χ4v) is 1.63. The molecule has 16 heavy (non-hydrogen) atoms. The molecule has 0 spiro atoms. The van der Waals surface area contributed by atoms with Gasteiger partial charge in [-0.05, 0) is 13.3 Å². The van der Waals surface area contributed by atoms with Crippen LogP contribution >= 0.6 is 0 Å². The van der Waals surface area contributed by atoms with Crippen molar-refractivity contribution in [1.29, 1.82) is 0 Å². The minimum Gasteiger partial charge on any atom is -0.353 e. The Bertz CT molecular complexity index is 396. The van der Waals surface area contributed by atoms with Crippen molar-refractivity contribution in [2.24, 2.45) is 0 Å². The Morgan fingerprint density at radius 3 is 2.94 bits per heavy atom. The number of ether oxygens (including phenoxy) is 2. The van der Waals surface area contributed by atoms with E-state index in [-0.39, 0.29) is 11.8 Å². The minimum absolute atomic E-state index is 0.0247. The van der Waals surface area contributed by atoms with Crippen LogP contribution < -0.4 is 5.56 Å². The second-order valence-electron chi connectivity index (χ2n) is 3.88. The molecular weight excluding hydrogens is 208 g/mol. The highest BCUT2D eigenvalue weighted by Crippen LogP contribution is 2.08. The van der Waals surface area contributed by atoms with Gasteiger partial charge in [-0.25, -0.2) is 4.98 Å². The van der Waals surface area contributed by atoms with Crippen LogP contribution in [0.5, 0.6) is 0 Å². The standard InChI is InChI=1S/C11H16N2O3/c1-9-7-10(14)13(8-12-9)4-3-11-15-5-2-6-16-11/h7-8,11H,2-6H2,1H3. The van der Waals surface area contributed by atoms with Crippen LogP contribution in [0.3, 0.4) is 0 Å². The summed E-state index contributed by atoms with van der Waals surface area (Å²) in [5.41, 5.74) is 0.717. The van der Waals surface area contributed by atoms with Crippen molar-refractivity contribution in [2.45, 2.75) is 32.6 Å². The average Bonchev–Trinajstić information content (AvgIpc) is 2.29. The smallest absolute Gasteiger partial charge is 0.253 e. The van der Waals surface area contributed by atoms with Crippen LogP contribution in [-0.2, 0) is 16.0 Å². The van der Waals surface area contributed by atoms with Crippen LogP contribution in [0.15, 0.2) is 17.2 Å². The summed E-state index contributed by atoms with van der Waals surface area (Å²) >= 11 is 0. The highest BCUT2D eigenvalue weighted by atomic mass is 16.7. The Kier molecular flexibility index (Phi) is 3.69. The molecule has 0 amide bonds. The van der Waals surface area contributed by atoms with Gasteiger partial charge in [0.15, 0.2) is 6.29 Å². The first-order valence-corrected chi connectivity index (χ1v) is 5.52. The second-order valence-corrected chi connectivity index (χ2v) is 3.88. The number of aromatic nitrogens is 2. The van der Waals surface area contributed by atoms with E-state index >= 15 is 0 Å². The number of hydrogen-bond donors (Lipinski definition) is 0. The van der Waals surface area contributed by atoms with Crippen LogP contribution in [0.25, 0.3) is 0 Å². The Hall–Kier alpha value is -1.20. The molecule has 0 radical (unpaired) electrons. The van der Waals surface area contributed by atoms with E-state index in [9.17, 15) is 4.79 Å². The number of rotatable bonds is 3. The van der Waals surface area contributed by atoms with Crippen molar-refractivity contribution >= 4 is 0 Å². The van der Waals surface area contributed by atoms with Crippen molar-refractivity contribution in [3.8, 4) is 0 Å². The Morgan fingerprint density at radius 1 is 1.50 bits per heavy atom. The molecule has 0 saturated carbocycles. The Labute approximate surface area is 94.0 Å². The van der Waals surface area contributed by atoms with Crippen LogP contribution in [0, 0.1) is 6.92 Å². The lowest BCUT2D eigenvalue weighted by molar-refractivity contribution is -0.182. The zero-order valence-electron chi connectivity index (χ0n) is 9.39. The molecule has 1 aliphatic heterocycles. The van der Waals surface area contributed by atoms with E-state index in [2.05, 4.69) is 4.98 Å². The zero-order valence-corrected chi connectivity index (χ0v) is 9.39. The summed E-state index contributed by atoms with van der Waals surface area (Å²) in [7, 11) is 0. The molecule has 1 aliphatic rings. The van der Waals surface area contributed by atoms with Crippen molar-refractivity contribution < 1.29 is 9.47 Å². The topological polar surface area (TPSA) is 53.4 Å². The SMILES string of the molecule is Cc1cc(=O)n(CCC2OCCCO2)cn1. The van der Waals surface area contributed by atoms with Gasteiger partial charge in [-0.3, -0.25) is 9.36 Å². The first kappa shape index (κ1) is 11.3. The fourth-order valence-electron chi connectivity index (χ4n) is 1.63. The molecule has 88 valence electrons. The van der Waals surface area contributed by atoms with E-state index in [0.717, 1.165) is 25.3 Å². The van der Waals surface area contributed by atoms with Crippen LogP contribution in [0.1, 0.15) is 18.5 Å². The second kappa shape index (κ2) is 5.23. The lowest BCUT2D eigenvalue weighted by Crippen LogP contribution is -2.28. The molecule has 0 unspecified atom stereocenters. The normalized spacial score (nSPS) is 17.6. The molecule has 2 rings (SSSR count). The fraction of sp³-hybridized carbons (Fsp3) is 0.636. The summed E-state index contributed by atoms with van der Waals surface area (Å²) in [6, 6.07) is 1.53. The van der Waals surface area contributed by atoms with Crippen LogP contribution in [0.2, 0.25) is 0 Å². The van der Waals surface area contributed by atoms with Gasteiger partial charge in [0.25, 0.3) is 5.56 Å². The molecular formula is C11H16N2O3. The third-order valence-corrected chi connectivity index (χ3v) is 2.52. The Morgan fingerprint density at radius 2 is 2.25 bits per heavy atom. The Balaban J connectivity index is 1.91. The van der Waals surface area contributed by atoms with Crippen molar-refractivity contribution in [3.63, 3.8) is 0 Å². The number of nitrogens with zero attached hydrogens (tertiary/aromatic N) is 2. The molecule has 1 saturated heterocycles. The van der Waals surface area contributed by atoms with Gasteiger partial charge in [0.05, 0.1) is 19.5 Å². The first-order valence-electron chi connectivity index (χ1n) is 5.52. The summed E-state index contributed by atoms with van der Waals surface area (Å²) in [4.78, 5) is 15.6. The van der Waals surface area contributed by atoms with Crippen molar-refractivity contribution in [1.82, 2.24) is 9.55 Å². The summed E-state index contributed by atoms with van der Waals surface area (Å²) in [6.07, 6.45) is 3.02. The van der Waals surface area contributed by atoms with E-state index in [0.29, 0.717) is 13.0 Å². The van der Waals surface area contributed by atoms with Gasteiger partial charge < -0.3 is 9.47 Å². The summed E-state index contributed by atoms with van der Waals surface area (Å²) < 4.78 is 12.4. The van der Waals surface area contributed by atoms with Gasteiger partial charge in [0.2, 0.25) is 0 Å². The average molecular weight is 224 g/mol. The molecule has 0 N–H and O–H groups in total. The van der Waals surface area contributed by atoms with E-state index in [1.54, 1.807) is 17.8 Å². The maximum Gasteiger partial charge on any atom is 0.253 e. The van der Waals surface area contributed by atoms with Gasteiger partial charge in [0, 0.05) is 24.7 Å². The predicted molar refractivity (Wildman–Crippen MR) is 58.2 cm³/mol. The molecule has 1 aromatic heterocycles. The third-order valence-electron chi connectivity index (χ3n) is 2.52. The first-order chi connectivity index (χ1) is 7.75. The van der Waals surface area contributed by atoms with Gasteiger partial charge in [-0.2, -0.15) is 0 Å². The highest BCUT2D eigenvalue weighted by molar-refractivity contribution is 4.95. The van der Waals surface area contributed by atoms with E-state index < -0.39 is 0 Å². The zero-order chi connectivity index (χ0) is 11.4.